The van der Waals surface area contributed by atoms with Crippen LogP contribution in [0.15, 0.2) is 4.99 Å². The number of amides is 1. The van der Waals surface area contributed by atoms with E-state index >= 15 is 0 Å². The molecule has 0 saturated carbocycles. The first kappa shape index (κ1) is 18.8. The van der Waals surface area contributed by atoms with Crippen molar-refractivity contribution in [2.75, 3.05) is 26.2 Å². The summed E-state index contributed by atoms with van der Waals surface area (Å²) in [6.07, 6.45) is -0.258. The molecule has 0 aromatic heterocycles. The van der Waals surface area contributed by atoms with E-state index in [-0.39, 0.29) is 6.09 Å². The van der Waals surface area contributed by atoms with Gasteiger partial charge < -0.3 is 10.1 Å². The molecule has 0 radical (unpaired) electrons. The number of aliphatic imine (C=N–C) groups is 1. The second kappa shape index (κ2) is 7.84. The number of carbonyl (C=O) groups is 1. The van der Waals surface area contributed by atoms with Crippen molar-refractivity contribution in [1.29, 1.82) is 0 Å². The van der Waals surface area contributed by atoms with Gasteiger partial charge in [0.2, 0.25) is 0 Å². The van der Waals surface area contributed by atoms with Crippen molar-refractivity contribution >= 4 is 11.9 Å². The minimum absolute atomic E-state index is 0.258. The predicted molar refractivity (Wildman–Crippen MR) is 91.3 cm³/mol. The Hall–Kier alpha value is -1.26. The van der Waals surface area contributed by atoms with Crippen molar-refractivity contribution in [2.45, 2.75) is 54.1 Å². The van der Waals surface area contributed by atoms with Gasteiger partial charge in [0.15, 0.2) is 0 Å². The Bertz CT molecular complexity index is 389. The minimum Gasteiger partial charge on any atom is -0.444 e. The highest BCUT2D eigenvalue weighted by atomic mass is 16.6. The molecule has 0 aliphatic carbocycles. The van der Waals surface area contributed by atoms with E-state index in [4.69, 9.17) is 4.74 Å². The lowest BCUT2D eigenvalue weighted by atomic mass is 9.85. The Morgan fingerprint density at radius 2 is 1.86 bits per heavy atom. The number of hydrogen-bond donors (Lipinski definition) is 1. The summed E-state index contributed by atoms with van der Waals surface area (Å²) < 4.78 is 5.43. The Balaban J connectivity index is 2.53. The summed E-state index contributed by atoms with van der Waals surface area (Å²) >= 11 is 0. The van der Waals surface area contributed by atoms with Gasteiger partial charge in [-0.3, -0.25) is 9.89 Å². The van der Waals surface area contributed by atoms with Crippen LogP contribution in [0, 0.1) is 17.8 Å². The Morgan fingerprint density at radius 3 is 2.36 bits per heavy atom. The molecule has 1 amide bonds. The van der Waals surface area contributed by atoms with Gasteiger partial charge in [-0.25, -0.2) is 4.79 Å². The molecule has 0 aromatic carbocycles. The van der Waals surface area contributed by atoms with E-state index in [0.717, 1.165) is 12.4 Å². The lowest BCUT2D eigenvalue weighted by Gasteiger charge is -2.31. The monoisotopic (exact) mass is 311 g/mol. The number of amidine groups is 1. The van der Waals surface area contributed by atoms with Crippen molar-refractivity contribution < 1.29 is 9.53 Å². The van der Waals surface area contributed by atoms with Gasteiger partial charge in [-0.05, 0) is 38.5 Å². The van der Waals surface area contributed by atoms with Gasteiger partial charge in [-0.1, -0.05) is 27.7 Å². The average molecular weight is 311 g/mol. The molecule has 0 atom stereocenters. The summed E-state index contributed by atoms with van der Waals surface area (Å²) in [5.74, 6) is 2.74. The molecule has 0 saturated heterocycles. The molecule has 0 spiro atoms. The third-order valence-electron chi connectivity index (χ3n) is 3.92. The molecular weight excluding hydrogens is 278 g/mol. The lowest BCUT2D eigenvalue weighted by molar-refractivity contribution is 0.0276. The maximum absolute atomic E-state index is 12.1. The van der Waals surface area contributed by atoms with E-state index < -0.39 is 5.60 Å². The molecule has 0 unspecified atom stereocenters. The van der Waals surface area contributed by atoms with E-state index in [1.807, 2.05) is 20.8 Å². The molecule has 0 fully saturated rings. The van der Waals surface area contributed by atoms with Crippen LogP contribution in [0.5, 0.6) is 0 Å². The maximum Gasteiger partial charge on any atom is 0.410 e. The van der Waals surface area contributed by atoms with Crippen LogP contribution in [0.3, 0.4) is 0 Å². The summed E-state index contributed by atoms with van der Waals surface area (Å²) in [6.45, 7) is 17.3. The molecule has 1 N–H and O–H groups in total. The van der Waals surface area contributed by atoms with Gasteiger partial charge in [0, 0.05) is 13.1 Å². The third-order valence-corrected chi connectivity index (χ3v) is 3.92. The van der Waals surface area contributed by atoms with Gasteiger partial charge in [-0.15, -0.1) is 0 Å². The first-order valence-corrected chi connectivity index (χ1v) is 8.35. The zero-order valence-corrected chi connectivity index (χ0v) is 15.3. The average Bonchev–Trinajstić information content (AvgIpc) is 2.36. The molecule has 5 heteroatoms. The minimum atomic E-state index is -0.459. The van der Waals surface area contributed by atoms with Crippen molar-refractivity contribution in [2.24, 2.45) is 22.7 Å². The summed E-state index contributed by atoms with van der Waals surface area (Å²) in [7, 11) is 0. The van der Waals surface area contributed by atoms with E-state index in [2.05, 4.69) is 38.0 Å². The molecule has 1 rings (SSSR count). The standard InChI is InChI=1S/C17H33N3O2/c1-12(2)14(13(3)4)10-19-15-11-20(9-8-18-15)16(21)22-17(5,6)7/h12-14H,8-11H2,1-7H3,(H,18,19). The molecule has 22 heavy (non-hydrogen) atoms. The van der Waals surface area contributed by atoms with Crippen LogP contribution >= 0.6 is 0 Å². The number of rotatable bonds is 4. The Morgan fingerprint density at radius 1 is 1.27 bits per heavy atom. The highest BCUT2D eigenvalue weighted by molar-refractivity contribution is 5.87. The van der Waals surface area contributed by atoms with Crippen LogP contribution < -0.4 is 5.32 Å². The molecule has 0 aromatic rings. The fourth-order valence-corrected chi connectivity index (χ4v) is 2.69. The van der Waals surface area contributed by atoms with Gasteiger partial charge in [-0.2, -0.15) is 0 Å². The topological polar surface area (TPSA) is 53.9 Å². The fourth-order valence-electron chi connectivity index (χ4n) is 2.69. The van der Waals surface area contributed by atoms with Gasteiger partial charge in [0.1, 0.15) is 11.4 Å². The Kier molecular flexibility index (Phi) is 6.69. The van der Waals surface area contributed by atoms with E-state index in [1.165, 1.54) is 0 Å². The summed E-state index contributed by atoms with van der Waals surface area (Å²) in [5.41, 5.74) is -0.459. The number of carbonyl (C=O) groups excluding carboxylic acids is 1. The van der Waals surface area contributed by atoms with E-state index in [0.29, 0.717) is 37.4 Å². The quantitative estimate of drug-likeness (QED) is 0.867. The van der Waals surface area contributed by atoms with Crippen molar-refractivity contribution in [3.63, 3.8) is 0 Å². The smallest absolute Gasteiger partial charge is 0.410 e. The van der Waals surface area contributed by atoms with Crippen LogP contribution in [-0.4, -0.2) is 48.6 Å². The molecule has 1 heterocycles. The van der Waals surface area contributed by atoms with Crippen molar-refractivity contribution in [3.8, 4) is 0 Å². The highest BCUT2D eigenvalue weighted by Crippen LogP contribution is 2.19. The normalized spacial score (nSPS) is 16.3. The lowest BCUT2D eigenvalue weighted by Crippen LogP contribution is -2.48. The molecular formula is C17H33N3O2. The Labute approximate surface area is 135 Å². The van der Waals surface area contributed by atoms with Crippen LogP contribution in [-0.2, 0) is 4.74 Å². The molecule has 0 bridgehead atoms. The van der Waals surface area contributed by atoms with Crippen LogP contribution in [0.4, 0.5) is 4.79 Å². The molecule has 1 aliphatic heterocycles. The van der Waals surface area contributed by atoms with Crippen LogP contribution in [0.1, 0.15) is 48.5 Å². The number of nitrogens with zero attached hydrogens (tertiary/aromatic N) is 2. The number of ether oxygens (including phenoxy) is 1. The van der Waals surface area contributed by atoms with Crippen LogP contribution in [0.25, 0.3) is 0 Å². The predicted octanol–water partition coefficient (Wildman–Crippen LogP) is 3.15. The van der Waals surface area contributed by atoms with Crippen molar-refractivity contribution in [1.82, 2.24) is 10.2 Å². The zero-order chi connectivity index (χ0) is 16.9. The largest absolute Gasteiger partial charge is 0.444 e. The molecule has 5 nitrogen and oxygen atoms in total. The van der Waals surface area contributed by atoms with Crippen molar-refractivity contribution in [3.05, 3.63) is 0 Å². The summed E-state index contributed by atoms with van der Waals surface area (Å²) in [4.78, 5) is 18.4. The zero-order valence-electron chi connectivity index (χ0n) is 15.3. The molecule has 128 valence electrons. The maximum atomic E-state index is 12.1. The molecule has 1 aliphatic rings. The third kappa shape index (κ3) is 6.24. The van der Waals surface area contributed by atoms with E-state index in [1.54, 1.807) is 4.90 Å². The summed E-state index contributed by atoms with van der Waals surface area (Å²) in [5, 5.41) is 3.43. The SMILES string of the molecule is CC(C)C(CNC1=NCCN(C(=O)OC(C)(C)C)C1)C(C)C. The summed E-state index contributed by atoms with van der Waals surface area (Å²) in [6, 6.07) is 0. The number of nitrogens with one attached hydrogen (secondary N) is 1. The van der Waals surface area contributed by atoms with Gasteiger partial charge in [0.25, 0.3) is 0 Å². The van der Waals surface area contributed by atoms with Gasteiger partial charge in [0.05, 0.1) is 13.1 Å². The van der Waals surface area contributed by atoms with Gasteiger partial charge >= 0.3 is 6.09 Å². The second-order valence-corrected chi connectivity index (χ2v) is 7.76. The first-order valence-electron chi connectivity index (χ1n) is 8.35. The fraction of sp³-hybridized carbons (Fsp3) is 0.882. The van der Waals surface area contributed by atoms with Crippen LogP contribution in [0.2, 0.25) is 0 Å². The number of hydrogen-bond acceptors (Lipinski definition) is 4. The second-order valence-electron chi connectivity index (χ2n) is 7.76. The first-order chi connectivity index (χ1) is 10.1. The van der Waals surface area contributed by atoms with E-state index in [9.17, 15) is 4.79 Å². The highest BCUT2D eigenvalue weighted by Gasteiger charge is 2.25.